The first kappa shape index (κ1) is 16.1. The second-order valence-electron chi connectivity index (χ2n) is 6.10. The molecule has 0 amide bonds. The Morgan fingerprint density at radius 2 is 1.45 bits per heavy atom. The van der Waals surface area contributed by atoms with Gasteiger partial charge in [-0.15, -0.1) is 0 Å². The van der Waals surface area contributed by atoms with Gasteiger partial charge >= 0.3 is 0 Å². The molecule has 0 N–H and O–H groups in total. The predicted octanol–water partition coefficient (Wildman–Crippen LogP) is 4.05. The fraction of sp³-hybridized carbons (Fsp3) is 0.625. The Hall–Kier alpha value is -0.720. The van der Waals surface area contributed by atoms with Crippen LogP contribution in [0.1, 0.15) is 37.2 Å². The molecule has 1 aliphatic carbocycles. The Balaban J connectivity index is 1.60. The van der Waals surface area contributed by atoms with Crippen molar-refractivity contribution in [3.63, 3.8) is 0 Å². The van der Waals surface area contributed by atoms with Gasteiger partial charge in [0.1, 0.15) is 0 Å². The maximum atomic E-state index is 13.3. The Bertz CT molecular complexity index is 501. The molecule has 1 aromatic carbocycles. The lowest BCUT2D eigenvalue weighted by atomic mass is 9.78. The van der Waals surface area contributed by atoms with Gasteiger partial charge in [0, 0.05) is 11.2 Å². The van der Waals surface area contributed by atoms with Crippen LogP contribution in [0.3, 0.4) is 0 Å². The minimum Gasteiger partial charge on any atom is -0.351 e. The van der Waals surface area contributed by atoms with E-state index in [4.69, 9.17) is 9.47 Å². The molecule has 2 nitrogen and oxygen atoms in total. The number of hydrogen-bond donors (Lipinski definition) is 1. The molecule has 1 heterocycles. The van der Waals surface area contributed by atoms with E-state index in [2.05, 4.69) is 12.6 Å². The molecule has 122 valence electrons. The molecule has 1 saturated carbocycles. The molecule has 3 rings (SSSR count). The van der Waals surface area contributed by atoms with Crippen LogP contribution in [0.4, 0.5) is 13.2 Å². The summed E-state index contributed by atoms with van der Waals surface area (Å²) in [5.74, 6) is -3.27. The molecule has 0 atom stereocenters. The van der Waals surface area contributed by atoms with Crippen LogP contribution in [0, 0.1) is 23.4 Å². The van der Waals surface area contributed by atoms with Gasteiger partial charge in [-0.25, -0.2) is 13.2 Å². The summed E-state index contributed by atoms with van der Waals surface area (Å²) in [7, 11) is 0. The van der Waals surface area contributed by atoms with Gasteiger partial charge in [0.25, 0.3) is 0 Å². The van der Waals surface area contributed by atoms with Crippen molar-refractivity contribution >= 4 is 12.6 Å². The minimum absolute atomic E-state index is 0.0575. The first-order chi connectivity index (χ1) is 10.5. The standard InChI is InChI=1S/C16H19F3O2S/c17-13-5-11(6-14(18)15(13)19)9-1-3-10(4-2-9)16-20-7-12(22)8-21-16/h5-6,9-10,12,16,22H,1-4,7-8H2. The van der Waals surface area contributed by atoms with E-state index in [-0.39, 0.29) is 17.5 Å². The van der Waals surface area contributed by atoms with E-state index < -0.39 is 17.5 Å². The molecule has 1 aromatic rings. The highest BCUT2D eigenvalue weighted by Gasteiger charge is 2.32. The quantitative estimate of drug-likeness (QED) is 0.651. The third-order valence-electron chi connectivity index (χ3n) is 4.54. The Morgan fingerprint density at radius 1 is 0.909 bits per heavy atom. The minimum atomic E-state index is -1.40. The zero-order valence-electron chi connectivity index (χ0n) is 12.1. The summed E-state index contributed by atoms with van der Waals surface area (Å²) in [6.07, 6.45) is 3.12. The van der Waals surface area contributed by atoms with Crippen LogP contribution in [-0.4, -0.2) is 24.8 Å². The third-order valence-corrected chi connectivity index (χ3v) is 4.84. The second kappa shape index (κ2) is 6.81. The van der Waals surface area contributed by atoms with Crippen LogP contribution in [0.15, 0.2) is 12.1 Å². The highest BCUT2D eigenvalue weighted by Crippen LogP contribution is 2.39. The second-order valence-corrected chi connectivity index (χ2v) is 6.83. The first-order valence-electron chi connectivity index (χ1n) is 7.60. The van der Waals surface area contributed by atoms with Crippen molar-refractivity contribution in [1.29, 1.82) is 0 Å². The van der Waals surface area contributed by atoms with Crippen molar-refractivity contribution in [2.75, 3.05) is 13.2 Å². The zero-order valence-corrected chi connectivity index (χ0v) is 13.0. The number of rotatable bonds is 2. The smallest absolute Gasteiger partial charge is 0.194 e. The van der Waals surface area contributed by atoms with E-state index in [1.165, 1.54) is 0 Å². The van der Waals surface area contributed by atoms with Crippen molar-refractivity contribution in [3.05, 3.63) is 35.1 Å². The summed E-state index contributed by atoms with van der Waals surface area (Å²) in [5.41, 5.74) is 0.538. The van der Waals surface area contributed by atoms with Gasteiger partial charge < -0.3 is 9.47 Å². The predicted molar refractivity (Wildman–Crippen MR) is 79.5 cm³/mol. The lowest BCUT2D eigenvalue weighted by molar-refractivity contribution is -0.206. The monoisotopic (exact) mass is 332 g/mol. The van der Waals surface area contributed by atoms with Gasteiger partial charge in [0.15, 0.2) is 23.7 Å². The lowest BCUT2D eigenvalue weighted by Gasteiger charge is -2.36. The molecule has 2 fully saturated rings. The number of hydrogen-bond acceptors (Lipinski definition) is 3. The average Bonchev–Trinajstić information content (AvgIpc) is 2.53. The van der Waals surface area contributed by atoms with E-state index in [0.717, 1.165) is 37.8 Å². The van der Waals surface area contributed by atoms with E-state index in [1.54, 1.807) is 0 Å². The molecule has 2 aliphatic rings. The van der Waals surface area contributed by atoms with E-state index in [1.807, 2.05) is 0 Å². The maximum absolute atomic E-state index is 13.3. The summed E-state index contributed by atoms with van der Waals surface area (Å²) < 4.78 is 51.0. The molecule has 0 unspecified atom stereocenters. The topological polar surface area (TPSA) is 18.5 Å². The Labute approximate surface area is 133 Å². The van der Waals surface area contributed by atoms with Gasteiger partial charge in [-0.3, -0.25) is 0 Å². The van der Waals surface area contributed by atoms with Gasteiger partial charge in [0.05, 0.1) is 13.2 Å². The molecule has 0 spiro atoms. The largest absolute Gasteiger partial charge is 0.351 e. The lowest BCUT2D eigenvalue weighted by Crippen LogP contribution is -2.38. The van der Waals surface area contributed by atoms with Crippen molar-refractivity contribution in [3.8, 4) is 0 Å². The Morgan fingerprint density at radius 3 is 2.00 bits per heavy atom. The molecule has 6 heteroatoms. The highest BCUT2D eigenvalue weighted by molar-refractivity contribution is 7.81. The third kappa shape index (κ3) is 3.44. The van der Waals surface area contributed by atoms with Gasteiger partial charge in [-0.05, 0) is 49.3 Å². The highest BCUT2D eigenvalue weighted by atomic mass is 32.1. The maximum Gasteiger partial charge on any atom is 0.194 e. The van der Waals surface area contributed by atoms with Crippen molar-refractivity contribution < 1.29 is 22.6 Å². The molecule has 1 aliphatic heterocycles. The molecule has 22 heavy (non-hydrogen) atoms. The molecular weight excluding hydrogens is 313 g/mol. The van der Waals surface area contributed by atoms with Crippen LogP contribution in [0.2, 0.25) is 0 Å². The van der Waals surface area contributed by atoms with E-state index in [0.29, 0.717) is 24.7 Å². The summed E-state index contributed by atoms with van der Waals surface area (Å²) >= 11 is 4.30. The molecular formula is C16H19F3O2S. The van der Waals surface area contributed by atoms with Crippen LogP contribution in [0.5, 0.6) is 0 Å². The van der Waals surface area contributed by atoms with Crippen LogP contribution < -0.4 is 0 Å². The van der Waals surface area contributed by atoms with Gasteiger partial charge in [-0.2, -0.15) is 12.6 Å². The number of ether oxygens (including phenoxy) is 2. The van der Waals surface area contributed by atoms with Gasteiger partial charge in [0.2, 0.25) is 0 Å². The Kier molecular flexibility index (Phi) is 5.00. The summed E-state index contributed by atoms with van der Waals surface area (Å²) in [5, 5.41) is 0.123. The fourth-order valence-electron chi connectivity index (χ4n) is 3.32. The summed E-state index contributed by atoms with van der Waals surface area (Å²) in [6, 6.07) is 2.23. The average molecular weight is 332 g/mol. The molecule has 0 bridgehead atoms. The molecule has 0 radical (unpaired) electrons. The fourth-order valence-corrected chi connectivity index (χ4v) is 3.49. The zero-order chi connectivity index (χ0) is 15.7. The SMILES string of the molecule is Fc1cc(C2CCC(C3OCC(S)CO3)CC2)cc(F)c1F. The van der Waals surface area contributed by atoms with Crippen molar-refractivity contribution in [2.45, 2.75) is 43.1 Å². The van der Waals surface area contributed by atoms with Crippen LogP contribution in [-0.2, 0) is 9.47 Å². The number of benzene rings is 1. The number of thiol groups is 1. The van der Waals surface area contributed by atoms with Crippen LogP contribution in [0.25, 0.3) is 0 Å². The summed E-state index contributed by atoms with van der Waals surface area (Å²) in [4.78, 5) is 0. The molecule has 1 saturated heterocycles. The van der Waals surface area contributed by atoms with Crippen molar-refractivity contribution in [2.24, 2.45) is 5.92 Å². The van der Waals surface area contributed by atoms with Crippen LogP contribution >= 0.6 is 12.6 Å². The van der Waals surface area contributed by atoms with E-state index in [9.17, 15) is 13.2 Å². The van der Waals surface area contributed by atoms with Gasteiger partial charge in [-0.1, -0.05) is 0 Å². The van der Waals surface area contributed by atoms with Crippen molar-refractivity contribution in [1.82, 2.24) is 0 Å². The first-order valence-corrected chi connectivity index (χ1v) is 8.12. The normalized spacial score (nSPS) is 32.9. The van der Waals surface area contributed by atoms with E-state index >= 15 is 0 Å². The summed E-state index contributed by atoms with van der Waals surface area (Å²) in [6.45, 7) is 1.17. The molecule has 0 aromatic heterocycles. The number of halogens is 3.